The summed E-state index contributed by atoms with van der Waals surface area (Å²) in [6.45, 7) is 3.77. The van der Waals surface area contributed by atoms with Crippen LogP contribution in [-0.4, -0.2) is 124 Å². The summed E-state index contributed by atoms with van der Waals surface area (Å²) in [5, 5.41) is 57.9. The Kier molecular flexibility index (Phi) is 13.0. The molecule has 0 radical (unpaired) electrons. The van der Waals surface area contributed by atoms with Gasteiger partial charge in [-0.1, -0.05) is 18.1 Å². The maximum Gasteiger partial charge on any atom is 0.375 e. The molecule has 3 aromatic rings. The van der Waals surface area contributed by atoms with Crippen molar-refractivity contribution in [3.63, 3.8) is 0 Å². The molecular formula is C50H62N2O13. The van der Waals surface area contributed by atoms with E-state index in [1.807, 2.05) is 30.5 Å². The number of rotatable bonds is 13. The Bertz CT molecular complexity index is 2380. The Labute approximate surface area is 378 Å². The predicted molar refractivity (Wildman–Crippen MR) is 237 cm³/mol. The average Bonchev–Trinajstić information content (AvgIpc) is 3.97. The van der Waals surface area contributed by atoms with Crippen molar-refractivity contribution in [2.75, 3.05) is 46.6 Å². The Morgan fingerprint density at radius 1 is 1.05 bits per heavy atom. The third-order valence-electron chi connectivity index (χ3n) is 15.1. The molecule has 0 spiro atoms. The number of piperidine rings is 1. The number of benzene rings is 2. The van der Waals surface area contributed by atoms with Crippen molar-refractivity contribution in [1.82, 2.24) is 9.88 Å². The first-order valence-electron chi connectivity index (χ1n) is 23.4. The average molecular weight is 899 g/mol. The second kappa shape index (κ2) is 18.6. The monoisotopic (exact) mass is 898 g/mol. The molecule has 9 rings (SSSR count). The van der Waals surface area contributed by atoms with Crippen LogP contribution in [-0.2, 0) is 36.9 Å². The minimum atomic E-state index is -2.00. The van der Waals surface area contributed by atoms with Crippen molar-refractivity contribution in [2.24, 2.45) is 17.8 Å². The number of hydrogen-bond acceptors (Lipinski definition) is 14. The van der Waals surface area contributed by atoms with E-state index in [0.717, 1.165) is 61.8 Å². The number of likely N-dealkylation sites (tertiary alicyclic amines) is 1. The molecule has 6 N–H and O–H groups in total. The van der Waals surface area contributed by atoms with Gasteiger partial charge in [-0.15, -0.1) is 0 Å². The molecule has 0 bridgehead atoms. The van der Waals surface area contributed by atoms with Crippen molar-refractivity contribution in [2.45, 2.75) is 120 Å². The van der Waals surface area contributed by atoms with Crippen LogP contribution in [0.1, 0.15) is 106 Å². The fourth-order valence-electron chi connectivity index (χ4n) is 12.0. The summed E-state index contributed by atoms with van der Waals surface area (Å²) < 4.78 is 31.1. The zero-order valence-corrected chi connectivity index (χ0v) is 37.3. The number of carbonyl (C=O) groups is 3. The predicted octanol–water partition coefficient (Wildman–Crippen LogP) is 4.77. The first kappa shape index (κ1) is 45.5. The molecule has 1 aromatic heterocycles. The van der Waals surface area contributed by atoms with E-state index in [9.17, 15) is 39.9 Å². The van der Waals surface area contributed by atoms with Crippen LogP contribution in [0, 0.1) is 17.8 Å². The summed E-state index contributed by atoms with van der Waals surface area (Å²) in [6, 6.07) is 7.61. The maximum atomic E-state index is 14.2. The van der Waals surface area contributed by atoms with Crippen molar-refractivity contribution in [1.29, 1.82) is 0 Å². The highest BCUT2D eigenvalue weighted by Gasteiger charge is 2.55. The van der Waals surface area contributed by atoms with Gasteiger partial charge in [-0.3, -0.25) is 9.59 Å². The standard InChI is InChI=1S/C50H62N2O13/c1-3-62-48(57)47-36(26-54)41(31-20-32(25-53)43(56)34(21-31)28-9-10-39-29(19-28)11-15-51-39)42-45(63-33-8-5-13-49(58,59)23-33)35-22-40(64-44(35)37(27-55)46(42)65-47)50(60)14-4-7-30-24-52(16-6-18-61-2)17-12-38(30)50/h9-11,15,19,26,30,32-34,38,40,51,53,55,58-60H,3-8,12-14,16-18,20-25,27H2,1-2H3. The highest BCUT2D eigenvalue weighted by atomic mass is 16.6. The molecule has 4 fully saturated rings. The summed E-state index contributed by atoms with van der Waals surface area (Å²) in [4.78, 5) is 47.4. The van der Waals surface area contributed by atoms with Crippen LogP contribution in [0.15, 0.2) is 47.4 Å². The van der Waals surface area contributed by atoms with Crippen LogP contribution < -0.4 is 14.2 Å². The number of ether oxygens (including phenoxy) is 5. The lowest BCUT2D eigenvalue weighted by Gasteiger charge is -2.51. The second-order valence-electron chi connectivity index (χ2n) is 19.0. The number of H-pyrrole nitrogens is 1. The molecule has 3 aliphatic carbocycles. The number of aliphatic hydroxyl groups is 5. The smallest absolute Gasteiger partial charge is 0.375 e. The number of aromatic nitrogens is 1. The normalized spacial score (nSPS) is 30.0. The number of aldehydes is 1. The highest BCUT2D eigenvalue weighted by Crippen LogP contribution is 2.59. The minimum Gasteiger partial charge on any atom is -0.489 e. The number of aromatic amines is 1. The number of Topliss-reactive ketones (excluding diaryl/α,β-unsaturated/α-hetero) is 1. The molecule has 15 heteroatoms. The van der Waals surface area contributed by atoms with Gasteiger partial charge in [0.2, 0.25) is 5.76 Å². The number of methoxy groups -OCH3 is 1. The summed E-state index contributed by atoms with van der Waals surface area (Å²) in [5.74, 6) is -4.50. The van der Waals surface area contributed by atoms with E-state index in [2.05, 4.69) is 9.88 Å². The van der Waals surface area contributed by atoms with Crippen molar-refractivity contribution in [3.8, 4) is 17.2 Å². The number of fused-ring (bicyclic) bond motifs is 4. The van der Waals surface area contributed by atoms with Gasteiger partial charge in [-0.25, -0.2) is 4.79 Å². The SMILES string of the molecule is CCOC(=O)C1=C(C=O)C(=C2CC(CO)C(=O)C(c3ccc4[nH]ccc4c3)C2)c2c(c(CO)c3c(c2OC2CCCC(O)(O)C2)CC(C2(O)CCCC4CN(CCCOC)CCC42)O3)O1. The molecule has 0 amide bonds. The first-order chi connectivity index (χ1) is 31.4. The van der Waals surface area contributed by atoms with Crippen LogP contribution in [0.5, 0.6) is 17.2 Å². The second-order valence-corrected chi connectivity index (χ2v) is 19.0. The van der Waals surface area contributed by atoms with Gasteiger partial charge < -0.3 is 59.1 Å². The number of nitrogens with zero attached hydrogens (tertiary/aromatic N) is 1. The van der Waals surface area contributed by atoms with Gasteiger partial charge in [-0.05, 0) is 106 Å². The van der Waals surface area contributed by atoms with E-state index in [1.165, 1.54) is 0 Å². The lowest BCUT2D eigenvalue weighted by Crippen LogP contribution is -2.59. The van der Waals surface area contributed by atoms with Crippen LogP contribution in [0.3, 0.4) is 0 Å². The number of carbonyl (C=O) groups excluding carboxylic acids is 3. The highest BCUT2D eigenvalue weighted by molar-refractivity contribution is 6.11. The molecular weight excluding hydrogens is 837 g/mol. The third kappa shape index (κ3) is 8.42. The van der Waals surface area contributed by atoms with Gasteiger partial charge in [0, 0.05) is 80.8 Å². The van der Waals surface area contributed by atoms with Crippen molar-refractivity contribution in [3.05, 3.63) is 69.6 Å². The molecule has 1 saturated heterocycles. The van der Waals surface area contributed by atoms with Gasteiger partial charge >= 0.3 is 5.97 Å². The number of allylic oxidation sites excluding steroid dienone is 3. The van der Waals surface area contributed by atoms with Gasteiger partial charge in [-0.2, -0.15) is 0 Å². The third-order valence-corrected chi connectivity index (χ3v) is 15.1. The zero-order valence-electron chi connectivity index (χ0n) is 37.3. The molecule has 3 saturated carbocycles. The number of esters is 1. The van der Waals surface area contributed by atoms with E-state index in [0.29, 0.717) is 43.3 Å². The molecule has 350 valence electrons. The van der Waals surface area contributed by atoms with Crippen molar-refractivity contribution < 1.29 is 63.6 Å². The van der Waals surface area contributed by atoms with Crippen molar-refractivity contribution >= 4 is 34.5 Å². The summed E-state index contributed by atoms with van der Waals surface area (Å²) in [5.41, 5.74) is 1.99. The number of aliphatic hydroxyl groups excluding tert-OH is 2. The largest absolute Gasteiger partial charge is 0.489 e. The lowest BCUT2D eigenvalue weighted by atomic mass is 9.63. The van der Waals surface area contributed by atoms with Crippen LogP contribution in [0.2, 0.25) is 0 Å². The topological polar surface area (TPSA) is 218 Å². The van der Waals surface area contributed by atoms with Crippen LogP contribution in [0.25, 0.3) is 16.5 Å². The number of ketones is 1. The quantitative estimate of drug-likeness (QED) is 0.0590. The molecule has 3 aliphatic heterocycles. The van der Waals surface area contributed by atoms with E-state index in [4.69, 9.17) is 23.7 Å². The van der Waals surface area contributed by atoms with Gasteiger partial charge in [0.1, 0.15) is 40.8 Å². The molecule has 65 heavy (non-hydrogen) atoms. The molecule has 15 nitrogen and oxygen atoms in total. The first-order valence-corrected chi connectivity index (χ1v) is 23.4. The number of hydrogen-bond donors (Lipinski definition) is 6. The molecule has 7 unspecified atom stereocenters. The Morgan fingerprint density at radius 3 is 2.63 bits per heavy atom. The minimum absolute atomic E-state index is 0.00580. The van der Waals surface area contributed by atoms with Crippen LogP contribution in [0.4, 0.5) is 0 Å². The zero-order chi connectivity index (χ0) is 45.6. The molecule has 2 aromatic carbocycles. The van der Waals surface area contributed by atoms with E-state index in [1.54, 1.807) is 14.0 Å². The van der Waals surface area contributed by atoms with Gasteiger partial charge in [0.15, 0.2) is 12.1 Å². The molecule has 7 atom stereocenters. The fourth-order valence-corrected chi connectivity index (χ4v) is 12.0. The van der Waals surface area contributed by atoms with Crippen LogP contribution >= 0.6 is 0 Å². The molecule has 6 aliphatic rings. The Morgan fingerprint density at radius 2 is 1.88 bits per heavy atom. The Balaban J connectivity index is 1.21. The van der Waals surface area contributed by atoms with E-state index >= 15 is 0 Å². The Hall–Kier alpha value is -4.61. The number of nitrogens with one attached hydrogen (secondary N) is 1. The maximum absolute atomic E-state index is 14.2. The van der Waals surface area contributed by atoms with Gasteiger partial charge in [0.25, 0.3) is 0 Å². The lowest BCUT2D eigenvalue weighted by molar-refractivity contribution is -0.196. The molecule has 4 heterocycles. The summed E-state index contributed by atoms with van der Waals surface area (Å²) in [6.07, 6.45) is 6.08. The van der Waals surface area contributed by atoms with E-state index in [-0.39, 0.29) is 95.9 Å². The van der Waals surface area contributed by atoms with E-state index < -0.39 is 60.4 Å². The fraction of sp³-hybridized carbons (Fsp3) is 0.580. The summed E-state index contributed by atoms with van der Waals surface area (Å²) in [7, 11) is 1.71. The van der Waals surface area contributed by atoms with Gasteiger partial charge in [0.05, 0.1) is 36.5 Å². The summed E-state index contributed by atoms with van der Waals surface area (Å²) >= 11 is 0.